The topological polar surface area (TPSA) is 53.4 Å². The van der Waals surface area contributed by atoms with Crippen LogP contribution in [0.15, 0.2) is 24.4 Å². The lowest BCUT2D eigenvalue weighted by molar-refractivity contribution is -0.131. The third-order valence-corrected chi connectivity index (χ3v) is 2.51. The second-order valence-electron chi connectivity index (χ2n) is 4.30. The van der Waals surface area contributed by atoms with Gasteiger partial charge >= 0.3 is 0 Å². The zero-order chi connectivity index (χ0) is 12.7. The summed E-state index contributed by atoms with van der Waals surface area (Å²) in [4.78, 5) is 17.4. The Morgan fingerprint density at radius 2 is 2.29 bits per heavy atom. The molecule has 17 heavy (non-hydrogen) atoms. The molecular formula is C13H20N2O2. The quantitative estimate of drug-likeness (QED) is 0.808. The minimum Gasteiger partial charge on any atom is -0.392 e. The number of carbonyl (C=O) groups excluding carboxylic acids is 1. The number of hydrogen-bond donors (Lipinski definition) is 1. The monoisotopic (exact) mass is 236 g/mol. The maximum absolute atomic E-state index is 11.7. The van der Waals surface area contributed by atoms with Crippen LogP contribution >= 0.6 is 0 Å². The van der Waals surface area contributed by atoms with Crippen LogP contribution in [0.4, 0.5) is 0 Å². The number of aliphatic hydroxyl groups excluding tert-OH is 1. The van der Waals surface area contributed by atoms with Crippen LogP contribution in [-0.4, -0.2) is 40.6 Å². The first-order chi connectivity index (χ1) is 8.09. The Balaban J connectivity index is 2.24. The van der Waals surface area contributed by atoms with E-state index in [1.165, 1.54) is 0 Å². The molecule has 4 heteroatoms. The summed E-state index contributed by atoms with van der Waals surface area (Å²) in [6, 6.07) is 5.79. The largest absolute Gasteiger partial charge is 0.392 e. The van der Waals surface area contributed by atoms with Crippen molar-refractivity contribution in [3.8, 4) is 0 Å². The zero-order valence-electron chi connectivity index (χ0n) is 10.5. The lowest BCUT2D eigenvalue weighted by Crippen LogP contribution is -2.32. The van der Waals surface area contributed by atoms with E-state index in [9.17, 15) is 9.90 Å². The summed E-state index contributed by atoms with van der Waals surface area (Å²) >= 11 is 0. The highest BCUT2D eigenvalue weighted by molar-refractivity contribution is 5.75. The highest BCUT2D eigenvalue weighted by Crippen LogP contribution is 2.03. The molecule has 0 aliphatic rings. The second-order valence-corrected chi connectivity index (χ2v) is 4.30. The Labute approximate surface area is 102 Å². The van der Waals surface area contributed by atoms with Crippen LogP contribution in [-0.2, 0) is 11.2 Å². The lowest BCUT2D eigenvalue weighted by atomic mass is 10.1. The molecule has 0 saturated heterocycles. The molecule has 0 bridgehead atoms. The fraction of sp³-hybridized carbons (Fsp3) is 0.538. The molecule has 0 spiro atoms. The normalized spacial score (nSPS) is 12.2. The van der Waals surface area contributed by atoms with Crippen LogP contribution in [0.25, 0.3) is 0 Å². The lowest BCUT2D eigenvalue weighted by Gasteiger charge is -2.18. The van der Waals surface area contributed by atoms with Crippen molar-refractivity contribution in [2.45, 2.75) is 32.3 Å². The molecule has 1 amide bonds. The third kappa shape index (κ3) is 5.45. The molecule has 1 atom stereocenters. The van der Waals surface area contributed by atoms with Crippen molar-refractivity contribution in [1.29, 1.82) is 0 Å². The van der Waals surface area contributed by atoms with Gasteiger partial charge in [-0.15, -0.1) is 0 Å². The standard InChI is InChI=1S/C13H20N2O2/c1-11(16)10-15(2)13(17)8-5-7-12-6-3-4-9-14-12/h3-4,6,9,11,16H,5,7-8,10H2,1-2H3. The molecule has 1 unspecified atom stereocenters. The van der Waals surface area contributed by atoms with Crippen molar-refractivity contribution in [3.05, 3.63) is 30.1 Å². The van der Waals surface area contributed by atoms with Gasteiger partial charge < -0.3 is 10.0 Å². The maximum Gasteiger partial charge on any atom is 0.222 e. The fourth-order valence-corrected chi connectivity index (χ4v) is 1.66. The molecule has 1 heterocycles. The molecule has 0 aliphatic heterocycles. The smallest absolute Gasteiger partial charge is 0.222 e. The SMILES string of the molecule is CC(O)CN(C)C(=O)CCCc1ccccn1. The number of aliphatic hydroxyl groups is 1. The van der Waals surface area contributed by atoms with Gasteiger partial charge in [0.25, 0.3) is 0 Å². The predicted molar refractivity (Wildman–Crippen MR) is 66.5 cm³/mol. The number of carbonyl (C=O) groups is 1. The number of pyridine rings is 1. The first kappa shape index (κ1) is 13.6. The van der Waals surface area contributed by atoms with Gasteiger partial charge in [-0.2, -0.15) is 0 Å². The fourth-order valence-electron chi connectivity index (χ4n) is 1.66. The number of aryl methyl sites for hydroxylation is 1. The summed E-state index contributed by atoms with van der Waals surface area (Å²) in [6.07, 6.45) is 3.39. The number of hydrogen-bond acceptors (Lipinski definition) is 3. The van der Waals surface area contributed by atoms with Crippen LogP contribution in [0.3, 0.4) is 0 Å². The van der Waals surface area contributed by atoms with E-state index in [0.29, 0.717) is 13.0 Å². The Bertz CT molecular complexity index is 339. The van der Waals surface area contributed by atoms with E-state index in [1.807, 2.05) is 18.2 Å². The van der Waals surface area contributed by atoms with Crippen molar-refractivity contribution < 1.29 is 9.90 Å². The first-order valence-electron chi connectivity index (χ1n) is 5.91. The molecular weight excluding hydrogens is 216 g/mol. The van der Waals surface area contributed by atoms with Crippen molar-refractivity contribution >= 4 is 5.91 Å². The van der Waals surface area contributed by atoms with Crippen molar-refractivity contribution in [3.63, 3.8) is 0 Å². The van der Waals surface area contributed by atoms with E-state index in [0.717, 1.165) is 18.5 Å². The van der Waals surface area contributed by atoms with Gasteiger partial charge in [0.1, 0.15) is 0 Å². The number of likely N-dealkylation sites (N-methyl/N-ethyl adjacent to an activating group) is 1. The average Bonchev–Trinajstić information content (AvgIpc) is 2.29. The third-order valence-electron chi connectivity index (χ3n) is 2.51. The van der Waals surface area contributed by atoms with Crippen molar-refractivity contribution in [2.75, 3.05) is 13.6 Å². The van der Waals surface area contributed by atoms with Crippen LogP contribution < -0.4 is 0 Å². The summed E-state index contributed by atoms with van der Waals surface area (Å²) in [5, 5.41) is 9.17. The van der Waals surface area contributed by atoms with Gasteiger partial charge in [0.2, 0.25) is 5.91 Å². The second kappa shape index (κ2) is 7.01. The van der Waals surface area contributed by atoms with E-state index in [4.69, 9.17) is 0 Å². The van der Waals surface area contributed by atoms with Crippen LogP contribution in [0.2, 0.25) is 0 Å². The highest BCUT2D eigenvalue weighted by Gasteiger charge is 2.10. The number of amides is 1. The van der Waals surface area contributed by atoms with Gasteiger partial charge in [-0.25, -0.2) is 0 Å². The van der Waals surface area contributed by atoms with Gasteiger partial charge in [0.15, 0.2) is 0 Å². The summed E-state index contributed by atoms with van der Waals surface area (Å²) in [7, 11) is 1.72. The first-order valence-corrected chi connectivity index (χ1v) is 5.91. The summed E-state index contributed by atoms with van der Waals surface area (Å²) in [5.41, 5.74) is 1.01. The minimum absolute atomic E-state index is 0.0711. The number of rotatable bonds is 6. The molecule has 1 rings (SSSR count). The predicted octanol–water partition coefficient (Wildman–Crippen LogP) is 1.24. The Kier molecular flexibility index (Phi) is 5.63. The Hall–Kier alpha value is -1.42. The van der Waals surface area contributed by atoms with Gasteiger partial charge in [-0.1, -0.05) is 6.07 Å². The van der Waals surface area contributed by atoms with E-state index >= 15 is 0 Å². The van der Waals surface area contributed by atoms with Gasteiger partial charge in [-0.3, -0.25) is 9.78 Å². The summed E-state index contributed by atoms with van der Waals surface area (Å²) < 4.78 is 0. The van der Waals surface area contributed by atoms with E-state index in [1.54, 1.807) is 25.1 Å². The van der Waals surface area contributed by atoms with Crippen molar-refractivity contribution in [2.24, 2.45) is 0 Å². The molecule has 0 saturated carbocycles. The molecule has 94 valence electrons. The molecule has 1 N–H and O–H groups in total. The molecule has 0 aromatic carbocycles. The van der Waals surface area contributed by atoms with Gasteiger partial charge in [-0.05, 0) is 31.9 Å². The average molecular weight is 236 g/mol. The van der Waals surface area contributed by atoms with Crippen molar-refractivity contribution in [1.82, 2.24) is 9.88 Å². The highest BCUT2D eigenvalue weighted by atomic mass is 16.3. The molecule has 0 radical (unpaired) electrons. The summed E-state index contributed by atoms with van der Waals surface area (Å²) in [6.45, 7) is 2.07. The van der Waals surface area contributed by atoms with Gasteiger partial charge in [0.05, 0.1) is 6.10 Å². The molecule has 0 fully saturated rings. The van der Waals surface area contributed by atoms with E-state index in [-0.39, 0.29) is 5.91 Å². The Morgan fingerprint density at radius 3 is 2.88 bits per heavy atom. The zero-order valence-corrected chi connectivity index (χ0v) is 10.5. The van der Waals surface area contributed by atoms with E-state index < -0.39 is 6.10 Å². The number of aromatic nitrogens is 1. The van der Waals surface area contributed by atoms with Crippen LogP contribution in [0.1, 0.15) is 25.5 Å². The molecule has 1 aromatic rings. The Morgan fingerprint density at radius 1 is 1.53 bits per heavy atom. The van der Waals surface area contributed by atoms with Crippen LogP contribution in [0, 0.1) is 0 Å². The molecule has 0 aliphatic carbocycles. The number of nitrogens with zero attached hydrogens (tertiary/aromatic N) is 2. The minimum atomic E-state index is -0.472. The maximum atomic E-state index is 11.7. The summed E-state index contributed by atoms with van der Waals surface area (Å²) in [5.74, 6) is 0.0711. The molecule has 1 aromatic heterocycles. The molecule has 4 nitrogen and oxygen atoms in total. The van der Waals surface area contributed by atoms with E-state index in [2.05, 4.69) is 4.98 Å². The van der Waals surface area contributed by atoms with Gasteiger partial charge in [0, 0.05) is 31.9 Å². The van der Waals surface area contributed by atoms with Crippen LogP contribution in [0.5, 0.6) is 0 Å².